The number of aliphatic hydroxyl groups excluding tert-OH is 1. The average Bonchev–Trinajstić information content (AvgIpc) is 3.79. The average molecular weight is 1160 g/mol. The van der Waals surface area contributed by atoms with Gasteiger partial charge < -0.3 is 25.2 Å². The number of azo groups is 3. The molecule has 1 aromatic heterocycles. The van der Waals surface area contributed by atoms with Gasteiger partial charge in [0.05, 0.1) is 44.1 Å². The third kappa shape index (κ3) is 11.8. The minimum atomic E-state index is -5.54. The van der Waals surface area contributed by atoms with Crippen molar-refractivity contribution >= 4 is 122 Å². The van der Waals surface area contributed by atoms with Gasteiger partial charge in [0.25, 0.3) is 50.6 Å². The van der Waals surface area contributed by atoms with Crippen molar-refractivity contribution in [3.63, 3.8) is 0 Å². The molecule has 1 atom stereocenters. The number of nitrogens with zero attached hydrogens (tertiary/aromatic N) is 9. The number of thiazole rings is 1. The number of ether oxygens (including phenoxy) is 1. The number of aliphatic hydroxyl groups is 1. The maximum absolute atomic E-state index is 13.0. The summed E-state index contributed by atoms with van der Waals surface area (Å²) in [6, 6.07) is 8.30. The van der Waals surface area contributed by atoms with Gasteiger partial charge in [-0.05, 0) is 80.4 Å². The second kappa shape index (κ2) is 20.1. The summed E-state index contributed by atoms with van der Waals surface area (Å²) in [5, 5.41) is 67.4. The maximum Gasteiger partial charge on any atom is 0.339 e. The monoisotopic (exact) mass is 1160 g/mol. The van der Waals surface area contributed by atoms with Crippen LogP contribution in [-0.2, 0) is 50.6 Å². The Balaban J connectivity index is 1.30. The Kier molecular flexibility index (Phi) is 14.9. The Morgan fingerprint density at radius 3 is 1.97 bits per heavy atom. The Morgan fingerprint density at radius 2 is 1.36 bits per heavy atom. The van der Waals surface area contributed by atoms with Crippen LogP contribution < -0.4 is 9.75 Å². The van der Waals surface area contributed by atoms with Gasteiger partial charge in [0.15, 0.2) is 11.5 Å². The summed E-state index contributed by atoms with van der Waals surface area (Å²) >= 11 is 0.904. The van der Waals surface area contributed by atoms with Gasteiger partial charge in [-0.3, -0.25) is 22.8 Å². The van der Waals surface area contributed by atoms with E-state index < -0.39 is 151 Å². The van der Waals surface area contributed by atoms with Crippen LogP contribution in [0.2, 0.25) is 0 Å². The molecule has 2 heterocycles. The van der Waals surface area contributed by atoms with Gasteiger partial charge in [0.1, 0.15) is 49.6 Å². The van der Waals surface area contributed by atoms with E-state index in [1.165, 1.54) is 45.2 Å². The molecule has 5 aromatic carbocycles. The molecule has 0 saturated carbocycles. The predicted octanol–water partition coefficient (Wildman–Crippen LogP) is 6.91. The molecule has 0 aliphatic carbocycles. The number of likely N-dealkylation sites (N-methyl/N-ethyl adjacent to an activating group) is 1. The quantitative estimate of drug-likeness (QED) is 0.0254. The Morgan fingerprint density at radius 1 is 0.707 bits per heavy atom. The molecule has 398 valence electrons. The molecule has 0 amide bonds. The van der Waals surface area contributed by atoms with E-state index in [1.807, 2.05) is 0 Å². The second-order valence-corrected chi connectivity index (χ2v) is 23.9. The number of carboxylic acid groups (broad SMARTS) is 1. The predicted molar refractivity (Wildman–Crippen MR) is 259 cm³/mol. The Bertz CT molecular complexity index is 4130. The van der Waals surface area contributed by atoms with Crippen LogP contribution in [0.5, 0.6) is 17.2 Å². The first kappa shape index (κ1) is 55.5. The van der Waals surface area contributed by atoms with E-state index >= 15 is 0 Å². The van der Waals surface area contributed by atoms with Crippen molar-refractivity contribution in [1.29, 1.82) is 0 Å². The highest BCUT2D eigenvalue weighted by Crippen LogP contribution is 2.47. The van der Waals surface area contributed by atoms with E-state index in [1.54, 1.807) is 0 Å². The molecular formula is C39H35N9O21S6. The van der Waals surface area contributed by atoms with Crippen LogP contribution in [0.4, 0.5) is 33.6 Å². The first-order valence-electron chi connectivity index (χ1n) is 20.3. The van der Waals surface area contributed by atoms with Gasteiger partial charge in [-0.15, -0.1) is 30.7 Å². The van der Waals surface area contributed by atoms with Crippen molar-refractivity contribution in [2.24, 2.45) is 30.7 Å². The van der Waals surface area contributed by atoms with E-state index in [0.29, 0.717) is 33.4 Å². The molecule has 30 nitrogen and oxygen atoms in total. The molecule has 9 N–H and O–H groups in total. The number of fused-ring (bicyclic) bond motifs is 2. The van der Waals surface area contributed by atoms with Crippen molar-refractivity contribution in [2.75, 3.05) is 24.4 Å². The van der Waals surface area contributed by atoms with Crippen LogP contribution in [0.3, 0.4) is 0 Å². The van der Waals surface area contributed by atoms with Gasteiger partial charge in [0.2, 0.25) is 11.0 Å². The topological polar surface area (TPSA) is 473 Å². The summed E-state index contributed by atoms with van der Waals surface area (Å²) in [5.41, 5.74) is -3.65. The molecule has 36 heteroatoms. The number of aromatic carboxylic acids is 1. The van der Waals surface area contributed by atoms with Crippen molar-refractivity contribution in [1.82, 2.24) is 9.99 Å². The Labute approximate surface area is 426 Å². The summed E-state index contributed by atoms with van der Waals surface area (Å²) in [6.07, 6.45) is -0.283. The number of carbonyl (C=O) groups is 1. The highest BCUT2D eigenvalue weighted by molar-refractivity contribution is 7.87. The number of rotatable bonds is 17. The number of aromatic hydroxyl groups is 2. The van der Waals surface area contributed by atoms with Crippen LogP contribution in [0.25, 0.3) is 21.0 Å². The minimum Gasteiger partial charge on any atom is -0.505 e. The van der Waals surface area contributed by atoms with E-state index in [9.17, 15) is 90.1 Å². The number of hydrazine groups is 1. The van der Waals surface area contributed by atoms with Gasteiger partial charge in [-0.1, -0.05) is 11.3 Å². The summed E-state index contributed by atoms with van der Waals surface area (Å²) in [6.45, 7) is 2.43. The first-order valence-corrected chi connectivity index (χ1v) is 28.5. The normalized spacial score (nSPS) is 15.5. The molecule has 1 aliphatic rings. The standard InChI is InChI=1S/C39H35N9O21S6/c1-17-11-27(29(69-9-4-10-71(54,55)56)16-26(17)42-46-39-40-24-7-5-19(72(57,58)59)14-30(24)70-39)43-45-33-31(74(63,64)65)15-22-21(35(33)50)6-8-25(36(22)75(66,67)68)41-44-32-18(2)47(3)48(37(32)51)28-13-20(73(60,61)62)12-23(34(28)49)38(52)53/h5-8,11-16,18,49-51H,4,9-10H2,1-3H3,(H,52,53)(H,54,55,56)(H,57,58,59)(H,60,61,62)(H,63,64,65)(H,66,67,68)/b44-41-,45-43-,46-42?. The molecule has 1 unspecified atom stereocenters. The molecule has 0 spiro atoms. The molecule has 1 aliphatic heterocycles. The van der Waals surface area contributed by atoms with Gasteiger partial charge >= 0.3 is 5.97 Å². The van der Waals surface area contributed by atoms with Gasteiger partial charge in [0, 0.05) is 23.9 Å². The fraction of sp³-hybridized carbons (Fsp3) is 0.179. The number of phenolic OH excluding ortho intramolecular Hbond substituents is 1. The lowest BCUT2D eigenvalue weighted by Crippen LogP contribution is -2.38. The lowest BCUT2D eigenvalue weighted by atomic mass is 10.1. The number of anilines is 1. The minimum absolute atomic E-state index is 0.0262. The third-order valence-electron chi connectivity index (χ3n) is 10.7. The lowest BCUT2D eigenvalue weighted by Gasteiger charge is -2.29. The summed E-state index contributed by atoms with van der Waals surface area (Å²) < 4.78 is 177. The summed E-state index contributed by atoms with van der Waals surface area (Å²) in [4.78, 5) is 12.2. The van der Waals surface area contributed by atoms with Crippen LogP contribution in [0.15, 0.2) is 123 Å². The molecule has 6 aromatic rings. The lowest BCUT2D eigenvalue weighted by molar-refractivity contribution is 0.0693. The highest BCUT2D eigenvalue weighted by Gasteiger charge is 2.39. The number of carboxylic acids is 1. The molecule has 0 radical (unpaired) electrons. The molecule has 0 fully saturated rings. The number of hydrogen-bond acceptors (Lipinski definition) is 25. The van der Waals surface area contributed by atoms with Gasteiger partial charge in [-0.2, -0.15) is 42.1 Å². The number of phenols is 2. The molecule has 75 heavy (non-hydrogen) atoms. The van der Waals surface area contributed by atoms with Crippen molar-refractivity contribution in [2.45, 2.75) is 45.9 Å². The van der Waals surface area contributed by atoms with E-state index in [2.05, 4.69) is 35.7 Å². The number of aromatic nitrogens is 1. The zero-order chi connectivity index (χ0) is 55.5. The zero-order valence-corrected chi connectivity index (χ0v) is 42.8. The largest absolute Gasteiger partial charge is 0.505 e. The Hall–Kier alpha value is -7.23. The second-order valence-electron chi connectivity index (χ2n) is 15.7. The molecule has 7 rings (SSSR count). The fourth-order valence-corrected chi connectivity index (χ4v) is 11.0. The van der Waals surface area contributed by atoms with E-state index in [4.69, 9.17) is 4.74 Å². The van der Waals surface area contributed by atoms with Crippen LogP contribution in [0, 0.1) is 6.92 Å². The van der Waals surface area contributed by atoms with E-state index in [-0.39, 0.29) is 34.2 Å². The fourth-order valence-electron chi connectivity index (χ4n) is 7.09. The van der Waals surface area contributed by atoms with Crippen LogP contribution in [-0.4, -0.2) is 127 Å². The van der Waals surface area contributed by atoms with Gasteiger partial charge in [-0.25, -0.2) is 19.8 Å². The zero-order valence-electron chi connectivity index (χ0n) is 37.9. The van der Waals surface area contributed by atoms with Crippen LogP contribution >= 0.6 is 11.3 Å². The molecular weight excluding hydrogens is 1120 g/mol. The van der Waals surface area contributed by atoms with E-state index in [0.717, 1.165) is 34.5 Å². The maximum atomic E-state index is 13.0. The SMILES string of the molecule is Cc1cc(/N=N\c2c(S(=O)(=O)O)cc3c(S(=O)(=O)O)c(/N=N\C4=C(O)N(c5cc(S(=O)(=O)O)cc(C(=O)O)c5O)N(C)C4C)ccc3c2O)c(OCCCS(=O)(=O)O)cc1N=Nc1nc2ccc(S(=O)(=O)O)cc2s1. The smallest absolute Gasteiger partial charge is 0.339 e. The molecule has 0 bridgehead atoms. The highest BCUT2D eigenvalue weighted by atomic mass is 32.2. The van der Waals surface area contributed by atoms with Crippen molar-refractivity contribution in [3.8, 4) is 17.2 Å². The summed E-state index contributed by atoms with van der Waals surface area (Å²) in [7, 11) is -23.9. The van der Waals surface area contributed by atoms with Crippen molar-refractivity contribution in [3.05, 3.63) is 83.4 Å². The molecule has 0 saturated heterocycles. The first-order chi connectivity index (χ1) is 34.6. The number of benzene rings is 5. The third-order valence-corrected chi connectivity index (χ3v) is 15.9. The van der Waals surface area contributed by atoms with Crippen LogP contribution in [0.1, 0.15) is 29.3 Å². The number of aryl methyl sites for hydroxylation is 1. The number of hydrogen-bond donors (Lipinski definition) is 9. The van der Waals surface area contributed by atoms with Crippen molar-refractivity contribution < 1.29 is 94.8 Å². The summed E-state index contributed by atoms with van der Waals surface area (Å²) in [5.74, 6) is -6.04.